The van der Waals surface area contributed by atoms with Crippen molar-refractivity contribution in [3.8, 4) is 0 Å². The zero-order valence-electron chi connectivity index (χ0n) is 10.6. The van der Waals surface area contributed by atoms with Gasteiger partial charge in [0.2, 0.25) is 0 Å². The average molecular weight is 264 g/mol. The first-order valence-corrected chi connectivity index (χ1v) is 7.01. The van der Waals surface area contributed by atoms with Crippen LogP contribution in [-0.4, -0.2) is 6.04 Å². The quantitative estimate of drug-likeness (QED) is 0.867. The molecule has 0 aliphatic heterocycles. The number of furan rings is 1. The number of nitrogens with one attached hydrogen (secondary N) is 1. The SMILES string of the molecule is CC(CC1CC1)NCc1c(Cl)oc2ccccc12. The molecule has 0 amide bonds. The number of hydrogen-bond donors (Lipinski definition) is 1. The van der Waals surface area contributed by atoms with Crippen molar-refractivity contribution in [3.63, 3.8) is 0 Å². The predicted octanol–water partition coefficient (Wildman–Crippen LogP) is 4.36. The molecule has 0 radical (unpaired) electrons. The summed E-state index contributed by atoms with van der Waals surface area (Å²) in [5, 5.41) is 5.18. The van der Waals surface area contributed by atoms with Crippen LogP contribution in [0.2, 0.25) is 5.22 Å². The highest BCUT2D eigenvalue weighted by Gasteiger charge is 2.23. The highest BCUT2D eigenvalue weighted by Crippen LogP contribution is 2.34. The Balaban J connectivity index is 1.71. The van der Waals surface area contributed by atoms with Gasteiger partial charge in [0.25, 0.3) is 0 Å². The molecule has 1 fully saturated rings. The molecule has 3 rings (SSSR count). The monoisotopic (exact) mass is 263 g/mol. The molecule has 96 valence electrons. The minimum Gasteiger partial charge on any atom is -0.444 e. The molecule has 1 atom stereocenters. The van der Waals surface area contributed by atoms with Gasteiger partial charge in [-0.05, 0) is 36.9 Å². The van der Waals surface area contributed by atoms with Crippen LogP contribution in [0, 0.1) is 5.92 Å². The summed E-state index contributed by atoms with van der Waals surface area (Å²) < 4.78 is 5.55. The molecule has 1 aliphatic carbocycles. The van der Waals surface area contributed by atoms with E-state index in [1.54, 1.807) is 0 Å². The highest BCUT2D eigenvalue weighted by atomic mass is 35.5. The van der Waals surface area contributed by atoms with E-state index in [9.17, 15) is 0 Å². The van der Waals surface area contributed by atoms with Crippen LogP contribution in [0.25, 0.3) is 11.0 Å². The van der Waals surface area contributed by atoms with Crippen molar-refractivity contribution in [2.75, 3.05) is 0 Å². The summed E-state index contributed by atoms with van der Waals surface area (Å²) in [5.41, 5.74) is 1.95. The first-order chi connectivity index (χ1) is 8.74. The molecular formula is C15H18ClNO. The van der Waals surface area contributed by atoms with Crippen molar-refractivity contribution in [2.24, 2.45) is 5.92 Å². The lowest BCUT2D eigenvalue weighted by molar-refractivity contribution is 0.486. The van der Waals surface area contributed by atoms with Crippen molar-refractivity contribution in [1.82, 2.24) is 5.32 Å². The zero-order valence-corrected chi connectivity index (χ0v) is 11.3. The molecule has 1 N–H and O–H groups in total. The second kappa shape index (κ2) is 4.94. The van der Waals surface area contributed by atoms with Crippen molar-refractivity contribution in [3.05, 3.63) is 35.0 Å². The number of para-hydroxylation sites is 1. The number of hydrogen-bond acceptors (Lipinski definition) is 2. The Morgan fingerprint density at radius 2 is 2.17 bits per heavy atom. The largest absolute Gasteiger partial charge is 0.444 e. The summed E-state index contributed by atoms with van der Waals surface area (Å²) in [5.74, 6) is 0.948. The Morgan fingerprint density at radius 1 is 1.39 bits per heavy atom. The van der Waals surface area contributed by atoms with E-state index in [2.05, 4.69) is 18.3 Å². The summed E-state index contributed by atoms with van der Waals surface area (Å²) >= 11 is 6.16. The van der Waals surface area contributed by atoms with Crippen molar-refractivity contribution >= 4 is 22.6 Å². The fourth-order valence-corrected chi connectivity index (χ4v) is 2.70. The topological polar surface area (TPSA) is 25.2 Å². The van der Waals surface area contributed by atoms with Gasteiger partial charge in [-0.1, -0.05) is 31.0 Å². The molecule has 1 heterocycles. The lowest BCUT2D eigenvalue weighted by atomic mass is 10.1. The maximum atomic E-state index is 6.16. The molecule has 1 aromatic heterocycles. The smallest absolute Gasteiger partial charge is 0.199 e. The fraction of sp³-hybridized carbons (Fsp3) is 0.467. The summed E-state index contributed by atoms with van der Waals surface area (Å²) in [6, 6.07) is 8.55. The van der Waals surface area contributed by atoms with Gasteiger partial charge < -0.3 is 9.73 Å². The Bertz CT molecular complexity index is 544. The maximum Gasteiger partial charge on any atom is 0.199 e. The van der Waals surface area contributed by atoms with E-state index in [1.807, 2.05) is 18.2 Å². The van der Waals surface area contributed by atoms with Crippen LogP contribution < -0.4 is 5.32 Å². The summed E-state index contributed by atoms with van der Waals surface area (Å²) in [6.45, 7) is 3.03. The van der Waals surface area contributed by atoms with Gasteiger partial charge in [0.1, 0.15) is 5.58 Å². The minimum absolute atomic E-state index is 0.516. The summed E-state index contributed by atoms with van der Waals surface area (Å²) in [4.78, 5) is 0. The maximum absolute atomic E-state index is 6.16. The second-order valence-corrected chi connectivity index (χ2v) is 5.65. The number of benzene rings is 1. The highest BCUT2D eigenvalue weighted by molar-refractivity contribution is 6.30. The number of rotatable bonds is 5. The first-order valence-electron chi connectivity index (χ1n) is 6.63. The van der Waals surface area contributed by atoms with Crippen LogP contribution in [0.4, 0.5) is 0 Å². The van der Waals surface area contributed by atoms with E-state index in [0.29, 0.717) is 11.3 Å². The van der Waals surface area contributed by atoms with Crippen molar-refractivity contribution < 1.29 is 4.42 Å². The van der Waals surface area contributed by atoms with E-state index in [1.165, 1.54) is 19.3 Å². The van der Waals surface area contributed by atoms with Gasteiger partial charge in [-0.15, -0.1) is 0 Å². The van der Waals surface area contributed by atoms with E-state index in [0.717, 1.165) is 29.0 Å². The Morgan fingerprint density at radius 3 is 2.94 bits per heavy atom. The molecule has 0 saturated heterocycles. The number of fused-ring (bicyclic) bond motifs is 1. The lowest BCUT2D eigenvalue weighted by Crippen LogP contribution is -2.25. The van der Waals surface area contributed by atoms with Crippen molar-refractivity contribution in [2.45, 2.75) is 38.8 Å². The Labute approximate surface area is 112 Å². The molecule has 0 bridgehead atoms. The molecule has 1 aliphatic rings. The van der Waals surface area contributed by atoms with Crippen LogP contribution in [0.1, 0.15) is 31.7 Å². The van der Waals surface area contributed by atoms with Crippen molar-refractivity contribution in [1.29, 1.82) is 0 Å². The molecular weight excluding hydrogens is 246 g/mol. The third-order valence-corrected chi connectivity index (χ3v) is 3.97. The van der Waals surface area contributed by atoms with Crippen LogP contribution in [0.5, 0.6) is 0 Å². The molecule has 1 saturated carbocycles. The summed E-state index contributed by atoms with van der Waals surface area (Å²) in [7, 11) is 0. The molecule has 2 aromatic rings. The first kappa shape index (κ1) is 12.1. The normalized spacial score (nSPS) is 17.2. The average Bonchev–Trinajstić information content (AvgIpc) is 3.09. The second-order valence-electron chi connectivity index (χ2n) is 5.31. The van der Waals surface area contributed by atoms with Crippen LogP contribution in [0.3, 0.4) is 0 Å². The third kappa shape index (κ3) is 2.55. The van der Waals surface area contributed by atoms with Crippen LogP contribution in [-0.2, 0) is 6.54 Å². The van der Waals surface area contributed by atoms with E-state index in [-0.39, 0.29) is 0 Å². The Kier molecular flexibility index (Phi) is 3.31. The van der Waals surface area contributed by atoms with Crippen LogP contribution in [0.15, 0.2) is 28.7 Å². The molecule has 18 heavy (non-hydrogen) atoms. The molecule has 1 aromatic carbocycles. The minimum atomic E-state index is 0.516. The number of halogens is 1. The van der Waals surface area contributed by atoms with Gasteiger partial charge in [0, 0.05) is 23.5 Å². The third-order valence-electron chi connectivity index (χ3n) is 3.66. The van der Waals surface area contributed by atoms with Crippen LogP contribution >= 0.6 is 11.6 Å². The van der Waals surface area contributed by atoms with Gasteiger partial charge >= 0.3 is 0 Å². The van der Waals surface area contributed by atoms with E-state index >= 15 is 0 Å². The van der Waals surface area contributed by atoms with Gasteiger partial charge in [-0.3, -0.25) is 0 Å². The molecule has 0 spiro atoms. The fourth-order valence-electron chi connectivity index (χ4n) is 2.45. The molecule has 1 unspecified atom stereocenters. The molecule has 2 nitrogen and oxygen atoms in total. The van der Waals surface area contributed by atoms with E-state index in [4.69, 9.17) is 16.0 Å². The van der Waals surface area contributed by atoms with Gasteiger partial charge in [0.05, 0.1) is 0 Å². The molecule has 3 heteroatoms. The predicted molar refractivity (Wildman–Crippen MR) is 74.9 cm³/mol. The van der Waals surface area contributed by atoms with Gasteiger partial charge in [0.15, 0.2) is 5.22 Å². The van der Waals surface area contributed by atoms with E-state index < -0.39 is 0 Å². The van der Waals surface area contributed by atoms with Gasteiger partial charge in [-0.2, -0.15) is 0 Å². The standard InChI is InChI=1S/C15H18ClNO/c1-10(8-11-6-7-11)17-9-13-12-4-2-3-5-14(12)18-15(13)16/h2-5,10-11,17H,6-9H2,1H3. The van der Waals surface area contributed by atoms with Gasteiger partial charge in [-0.25, -0.2) is 0 Å². The Hall–Kier alpha value is -0.990. The lowest BCUT2D eigenvalue weighted by Gasteiger charge is -2.12. The zero-order chi connectivity index (χ0) is 12.5. The summed E-state index contributed by atoms with van der Waals surface area (Å²) in [6.07, 6.45) is 4.08.